The van der Waals surface area contributed by atoms with Crippen LogP contribution in [0.2, 0.25) is 0 Å². The van der Waals surface area contributed by atoms with E-state index in [4.69, 9.17) is 4.84 Å². The highest BCUT2D eigenvalue weighted by atomic mass is 32.2. The van der Waals surface area contributed by atoms with Crippen LogP contribution in [-0.4, -0.2) is 32.3 Å². The standard InChI is InChI=1S/C17H23NO2S2/c1-17(2)12-14(13-7-4-3-5-8-13)15(18(19)20-17)11-16-21-9-6-10-22-16/h3-5,7-8,14,16H,6,9-12H2,1-2H3/t14-/m1/s1. The van der Waals surface area contributed by atoms with Gasteiger partial charge in [0.1, 0.15) is 0 Å². The van der Waals surface area contributed by atoms with E-state index in [1.54, 1.807) is 0 Å². The van der Waals surface area contributed by atoms with E-state index >= 15 is 0 Å². The summed E-state index contributed by atoms with van der Waals surface area (Å²) in [5.74, 6) is 2.56. The maximum absolute atomic E-state index is 12.5. The van der Waals surface area contributed by atoms with Crippen LogP contribution in [0.1, 0.15) is 44.6 Å². The van der Waals surface area contributed by atoms with Gasteiger partial charge < -0.3 is 4.84 Å². The number of hydrogen-bond donors (Lipinski definition) is 0. The van der Waals surface area contributed by atoms with E-state index in [1.165, 1.54) is 23.5 Å². The second kappa shape index (κ2) is 6.75. The Morgan fingerprint density at radius 2 is 1.91 bits per heavy atom. The Morgan fingerprint density at radius 3 is 2.59 bits per heavy atom. The van der Waals surface area contributed by atoms with E-state index in [9.17, 15) is 5.21 Å². The van der Waals surface area contributed by atoms with E-state index in [2.05, 4.69) is 24.3 Å². The van der Waals surface area contributed by atoms with Gasteiger partial charge in [-0.3, -0.25) is 5.21 Å². The molecule has 0 aromatic heterocycles. The van der Waals surface area contributed by atoms with Crippen LogP contribution in [0.25, 0.3) is 0 Å². The smallest absolute Gasteiger partial charge is 0.231 e. The average Bonchev–Trinajstić information content (AvgIpc) is 2.51. The highest BCUT2D eigenvalue weighted by Gasteiger charge is 2.40. The third-order valence-electron chi connectivity index (χ3n) is 4.14. The van der Waals surface area contributed by atoms with Crippen molar-refractivity contribution in [1.82, 2.24) is 0 Å². The molecule has 1 saturated heterocycles. The van der Waals surface area contributed by atoms with Crippen LogP contribution in [0, 0.1) is 5.21 Å². The average molecular weight is 338 g/mol. The van der Waals surface area contributed by atoms with Crippen LogP contribution in [0.15, 0.2) is 30.3 Å². The van der Waals surface area contributed by atoms with Gasteiger partial charge in [-0.25, -0.2) is 0 Å². The quantitative estimate of drug-likeness (QED) is 0.765. The maximum atomic E-state index is 12.5. The highest BCUT2D eigenvalue weighted by molar-refractivity contribution is 8.17. The second-order valence-corrected chi connectivity index (χ2v) is 9.42. The lowest BCUT2D eigenvalue weighted by atomic mass is 9.83. The molecule has 0 radical (unpaired) electrons. The van der Waals surface area contributed by atoms with Crippen LogP contribution in [-0.2, 0) is 4.84 Å². The number of benzene rings is 1. The fourth-order valence-electron chi connectivity index (χ4n) is 3.09. The molecule has 0 aliphatic carbocycles. The number of nitrogens with zero attached hydrogens (tertiary/aromatic N) is 1. The molecule has 0 bridgehead atoms. The summed E-state index contributed by atoms with van der Waals surface area (Å²) in [6.45, 7) is 3.99. The van der Waals surface area contributed by atoms with Gasteiger partial charge >= 0.3 is 0 Å². The van der Waals surface area contributed by atoms with Crippen molar-refractivity contribution < 1.29 is 9.74 Å². The van der Waals surface area contributed by atoms with Gasteiger partial charge in [-0.05, 0) is 43.8 Å². The molecule has 1 fully saturated rings. The molecule has 0 N–H and O–H groups in total. The zero-order chi connectivity index (χ0) is 15.6. The van der Waals surface area contributed by atoms with E-state index in [0.29, 0.717) is 4.58 Å². The Morgan fingerprint density at radius 1 is 1.23 bits per heavy atom. The predicted molar refractivity (Wildman–Crippen MR) is 95.5 cm³/mol. The third-order valence-corrected chi connectivity index (χ3v) is 7.08. The topological polar surface area (TPSA) is 35.3 Å². The molecule has 0 unspecified atom stereocenters. The fraction of sp³-hybridized carbons (Fsp3) is 0.588. The van der Waals surface area contributed by atoms with Gasteiger partial charge in [-0.15, -0.1) is 23.5 Å². The molecule has 2 heterocycles. The van der Waals surface area contributed by atoms with Gasteiger partial charge in [-0.1, -0.05) is 30.3 Å². The molecule has 2 aliphatic heterocycles. The minimum atomic E-state index is -0.418. The van der Waals surface area contributed by atoms with Crippen molar-refractivity contribution in [2.75, 3.05) is 11.5 Å². The van der Waals surface area contributed by atoms with E-state index < -0.39 is 5.60 Å². The molecule has 1 atom stereocenters. The maximum Gasteiger partial charge on any atom is 0.231 e. The van der Waals surface area contributed by atoms with Crippen LogP contribution in [0.4, 0.5) is 0 Å². The Balaban J connectivity index is 1.87. The van der Waals surface area contributed by atoms with E-state index in [1.807, 2.05) is 43.4 Å². The molecule has 3 nitrogen and oxygen atoms in total. The summed E-state index contributed by atoms with van der Waals surface area (Å²) in [7, 11) is 0. The van der Waals surface area contributed by atoms with Gasteiger partial charge in [-0.2, -0.15) is 0 Å². The van der Waals surface area contributed by atoms with Crippen molar-refractivity contribution in [1.29, 1.82) is 0 Å². The molecule has 120 valence electrons. The summed E-state index contributed by atoms with van der Waals surface area (Å²) >= 11 is 3.95. The molecule has 5 heteroatoms. The molecular formula is C17H23NO2S2. The van der Waals surface area contributed by atoms with Gasteiger partial charge in [0, 0.05) is 4.90 Å². The van der Waals surface area contributed by atoms with Crippen LogP contribution in [0.3, 0.4) is 0 Å². The summed E-state index contributed by atoms with van der Waals surface area (Å²) in [6.07, 6.45) is 2.94. The van der Waals surface area contributed by atoms with Crippen molar-refractivity contribution in [3.63, 3.8) is 0 Å². The lowest BCUT2D eigenvalue weighted by Crippen LogP contribution is -2.42. The summed E-state index contributed by atoms with van der Waals surface area (Å²) in [5.41, 5.74) is 1.69. The van der Waals surface area contributed by atoms with Crippen molar-refractivity contribution >= 4 is 29.2 Å². The zero-order valence-corrected chi connectivity index (χ0v) is 14.8. The Bertz CT molecular complexity index is 539. The van der Waals surface area contributed by atoms with E-state index in [0.717, 1.165) is 23.5 Å². The normalized spacial score (nSPS) is 25.8. The Kier molecular flexibility index (Phi) is 4.93. The summed E-state index contributed by atoms with van der Waals surface area (Å²) < 4.78 is 0.483. The molecule has 3 rings (SSSR count). The van der Waals surface area contributed by atoms with Gasteiger partial charge in [0.2, 0.25) is 5.71 Å². The first-order chi connectivity index (χ1) is 10.6. The van der Waals surface area contributed by atoms with Crippen LogP contribution >= 0.6 is 23.5 Å². The molecule has 1 aromatic carbocycles. The van der Waals surface area contributed by atoms with Crippen molar-refractivity contribution in [3.05, 3.63) is 41.1 Å². The monoisotopic (exact) mass is 337 g/mol. The summed E-state index contributed by atoms with van der Waals surface area (Å²) in [5, 5.41) is 12.5. The first kappa shape index (κ1) is 16.1. The Hall–Kier alpha value is -0.810. The molecule has 1 aromatic rings. The third kappa shape index (κ3) is 3.74. The minimum Gasteiger partial charge on any atom is -0.397 e. The van der Waals surface area contributed by atoms with Crippen molar-refractivity contribution in [2.24, 2.45) is 0 Å². The second-order valence-electron chi connectivity index (χ2n) is 6.50. The summed E-state index contributed by atoms with van der Waals surface area (Å²) in [4.78, 5) is 6.42. The first-order valence-electron chi connectivity index (χ1n) is 7.85. The van der Waals surface area contributed by atoms with Crippen molar-refractivity contribution in [2.45, 2.75) is 49.2 Å². The van der Waals surface area contributed by atoms with Crippen LogP contribution < -0.4 is 0 Å². The SMILES string of the molecule is CC1(C)C[C@H](c2ccccc2)C(CC2SCCCS2)=[N+]([O-])O1. The molecule has 22 heavy (non-hydrogen) atoms. The number of rotatable bonds is 3. The molecule has 0 spiro atoms. The number of thioether (sulfide) groups is 2. The largest absolute Gasteiger partial charge is 0.397 e. The van der Waals surface area contributed by atoms with E-state index in [-0.39, 0.29) is 5.92 Å². The van der Waals surface area contributed by atoms with Crippen molar-refractivity contribution in [3.8, 4) is 0 Å². The fourth-order valence-corrected chi connectivity index (χ4v) is 5.96. The lowest BCUT2D eigenvalue weighted by molar-refractivity contribution is -0.770. The van der Waals surface area contributed by atoms with Gasteiger partial charge in [0.25, 0.3) is 0 Å². The van der Waals surface area contributed by atoms with Gasteiger partial charge in [0.05, 0.1) is 22.5 Å². The molecule has 2 aliphatic rings. The zero-order valence-electron chi connectivity index (χ0n) is 13.2. The van der Waals surface area contributed by atoms with Gasteiger partial charge in [0.15, 0.2) is 0 Å². The highest BCUT2D eigenvalue weighted by Crippen LogP contribution is 2.39. The first-order valence-corrected chi connectivity index (χ1v) is 9.95. The molecular weight excluding hydrogens is 314 g/mol. The molecule has 0 saturated carbocycles. The molecule has 0 amide bonds. The predicted octanol–water partition coefficient (Wildman–Crippen LogP) is 4.42. The lowest BCUT2D eigenvalue weighted by Gasteiger charge is -2.37. The minimum absolute atomic E-state index is 0.158. The number of hydrogen-bond acceptors (Lipinski definition) is 4. The Labute approximate surface area is 141 Å². The summed E-state index contributed by atoms with van der Waals surface area (Å²) in [6, 6.07) is 10.4. The van der Waals surface area contributed by atoms with Crippen LogP contribution in [0.5, 0.6) is 0 Å².